The topological polar surface area (TPSA) is 39.1 Å². The quantitative estimate of drug-likeness (QED) is 0.859. The van der Waals surface area contributed by atoms with Gasteiger partial charge in [-0.2, -0.15) is 5.10 Å². The Hall–Kier alpha value is -0.870. The van der Waals surface area contributed by atoms with E-state index in [9.17, 15) is 0 Å². The third-order valence-corrected chi connectivity index (χ3v) is 3.71. The molecule has 19 heavy (non-hydrogen) atoms. The van der Waals surface area contributed by atoms with Gasteiger partial charge in [0.25, 0.3) is 0 Å². The van der Waals surface area contributed by atoms with Gasteiger partial charge in [0.2, 0.25) is 0 Å². The minimum Gasteiger partial charge on any atom is -0.373 e. The normalized spacial score (nSPS) is 24.0. The minimum atomic E-state index is 0.216. The zero-order chi connectivity index (χ0) is 13.7. The van der Waals surface area contributed by atoms with E-state index in [0.717, 1.165) is 26.2 Å². The van der Waals surface area contributed by atoms with Crippen molar-refractivity contribution in [2.45, 2.75) is 46.3 Å². The summed E-state index contributed by atoms with van der Waals surface area (Å²) in [6.45, 7) is 10.5. The number of ether oxygens (including phenoxy) is 1. The fraction of sp³-hybridized carbons (Fsp3) is 0.800. The van der Waals surface area contributed by atoms with Crippen molar-refractivity contribution in [3.63, 3.8) is 0 Å². The average molecular weight is 265 g/mol. The number of aromatic nitrogens is 2. The van der Waals surface area contributed by atoms with Crippen LogP contribution in [0.4, 0.5) is 0 Å². The van der Waals surface area contributed by atoms with Crippen LogP contribution in [0.2, 0.25) is 0 Å². The number of nitrogens with one attached hydrogen (secondary N) is 1. The zero-order valence-electron chi connectivity index (χ0n) is 12.4. The molecule has 0 saturated carbocycles. The van der Waals surface area contributed by atoms with Crippen molar-refractivity contribution in [1.29, 1.82) is 0 Å². The number of hydrogen-bond donors (Lipinski definition) is 1. The van der Waals surface area contributed by atoms with Crippen LogP contribution in [-0.4, -0.2) is 29.5 Å². The van der Waals surface area contributed by atoms with Crippen molar-refractivity contribution < 1.29 is 4.74 Å². The van der Waals surface area contributed by atoms with E-state index in [4.69, 9.17) is 4.74 Å². The first-order valence-electron chi connectivity index (χ1n) is 7.55. The first-order valence-corrected chi connectivity index (χ1v) is 7.55. The molecule has 1 aromatic rings. The molecule has 4 heteroatoms. The van der Waals surface area contributed by atoms with Crippen LogP contribution in [0.5, 0.6) is 0 Å². The van der Waals surface area contributed by atoms with E-state index >= 15 is 0 Å². The van der Waals surface area contributed by atoms with Crippen LogP contribution in [0.15, 0.2) is 12.4 Å². The lowest BCUT2D eigenvalue weighted by molar-refractivity contribution is -0.0279. The molecule has 1 aliphatic rings. The summed E-state index contributed by atoms with van der Waals surface area (Å²) >= 11 is 0. The summed E-state index contributed by atoms with van der Waals surface area (Å²) in [4.78, 5) is 0. The summed E-state index contributed by atoms with van der Waals surface area (Å²) in [5.41, 5.74) is 1.23. The highest BCUT2D eigenvalue weighted by Gasteiger charge is 2.28. The molecule has 1 N–H and O–H groups in total. The largest absolute Gasteiger partial charge is 0.373 e. The van der Waals surface area contributed by atoms with Crippen LogP contribution in [0.1, 0.15) is 45.3 Å². The van der Waals surface area contributed by atoms with E-state index < -0.39 is 0 Å². The minimum absolute atomic E-state index is 0.216. The lowest BCUT2D eigenvalue weighted by Gasteiger charge is -2.31. The molecule has 0 radical (unpaired) electrons. The van der Waals surface area contributed by atoms with E-state index in [1.807, 2.05) is 10.9 Å². The molecular formula is C15H27N3O. The highest BCUT2D eigenvalue weighted by molar-refractivity contribution is 5.10. The maximum atomic E-state index is 6.00. The van der Waals surface area contributed by atoms with E-state index in [2.05, 4.69) is 37.4 Å². The van der Waals surface area contributed by atoms with Crippen LogP contribution in [-0.2, 0) is 11.3 Å². The van der Waals surface area contributed by atoms with Crippen LogP contribution in [0.3, 0.4) is 0 Å². The van der Waals surface area contributed by atoms with Gasteiger partial charge < -0.3 is 10.1 Å². The van der Waals surface area contributed by atoms with Gasteiger partial charge in [-0.25, -0.2) is 0 Å². The summed E-state index contributed by atoms with van der Waals surface area (Å²) in [6, 6.07) is 0. The lowest BCUT2D eigenvalue weighted by Crippen LogP contribution is -2.33. The fourth-order valence-electron chi connectivity index (χ4n) is 2.68. The molecule has 0 spiro atoms. The van der Waals surface area contributed by atoms with Gasteiger partial charge in [-0.3, -0.25) is 4.68 Å². The highest BCUT2D eigenvalue weighted by atomic mass is 16.5. The highest BCUT2D eigenvalue weighted by Crippen LogP contribution is 2.32. The summed E-state index contributed by atoms with van der Waals surface area (Å²) in [6.07, 6.45) is 6.73. The molecule has 0 aliphatic carbocycles. The molecule has 4 nitrogen and oxygen atoms in total. The second-order valence-corrected chi connectivity index (χ2v) is 5.88. The smallest absolute Gasteiger partial charge is 0.0895 e. The third-order valence-electron chi connectivity index (χ3n) is 3.71. The predicted octanol–water partition coefficient (Wildman–Crippen LogP) is 2.62. The van der Waals surface area contributed by atoms with Crippen molar-refractivity contribution >= 4 is 0 Å². The van der Waals surface area contributed by atoms with Gasteiger partial charge in [0.1, 0.15) is 0 Å². The van der Waals surface area contributed by atoms with Crippen molar-refractivity contribution in [2.75, 3.05) is 19.7 Å². The molecule has 1 aliphatic heterocycles. The SMILES string of the molecule is CCn1cc(C2OCCCC2CNCC(C)C)cn1. The summed E-state index contributed by atoms with van der Waals surface area (Å²) < 4.78 is 7.98. The van der Waals surface area contributed by atoms with Gasteiger partial charge in [-0.05, 0) is 32.2 Å². The number of nitrogens with zero attached hydrogens (tertiary/aromatic N) is 2. The Morgan fingerprint density at radius 3 is 3.05 bits per heavy atom. The fourth-order valence-corrected chi connectivity index (χ4v) is 2.68. The first-order chi connectivity index (χ1) is 9.20. The maximum absolute atomic E-state index is 6.00. The molecular weight excluding hydrogens is 238 g/mol. The molecule has 0 aromatic carbocycles. The average Bonchev–Trinajstić information content (AvgIpc) is 2.87. The van der Waals surface area contributed by atoms with Crippen molar-refractivity contribution in [1.82, 2.24) is 15.1 Å². The molecule has 2 heterocycles. The predicted molar refractivity (Wildman–Crippen MR) is 77.0 cm³/mol. The van der Waals surface area contributed by atoms with Gasteiger partial charge in [-0.15, -0.1) is 0 Å². The number of aryl methyl sites for hydroxylation is 1. The van der Waals surface area contributed by atoms with Crippen molar-refractivity contribution in [3.8, 4) is 0 Å². The van der Waals surface area contributed by atoms with Crippen LogP contribution >= 0.6 is 0 Å². The molecule has 1 fully saturated rings. The Bertz CT molecular complexity index is 375. The summed E-state index contributed by atoms with van der Waals surface area (Å²) in [5.74, 6) is 1.27. The molecule has 2 rings (SSSR count). The molecule has 2 atom stereocenters. The van der Waals surface area contributed by atoms with Gasteiger partial charge in [-0.1, -0.05) is 13.8 Å². The second-order valence-electron chi connectivity index (χ2n) is 5.88. The second kappa shape index (κ2) is 7.06. The Kier molecular flexibility index (Phi) is 5.40. The molecule has 0 amide bonds. The number of rotatable bonds is 6. The molecule has 0 bridgehead atoms. The van der Waals surface area contributed by atoms with Crippen LogP contribution < -0.4 is 5.32 Å². The third kappa shape index (κ3) is 4.05. The summed E-state index contributed by atoms with van der Waals surface area (Å²) in [7, 11) is 0. The van der Waals surface area contributed by atoms with Gasteiger partial charge in [0, 0.05) is 37.4 Å². The van der Waals surface area contributed by atoms with E-state index in [1.54, 1.807) is 0 Å². The Balaban J connectivity index is 1.95. The van der Waals surface area contributed by atoms with Gasteiger partial charge in [0.05, 0.1) is 12.3 Å². The molecule has 2 unspecified atom stereocenters. The molecule has 1 aromatic heterocycles. The Morgan fingerprint density at radius 2 is 2.37 bits per heavy atom. The van der Waals surface area contributed by atoms with Gasteiger partial charge in [0.15, 0.2) is 0 Å². The van der Waals surface area contributed by atoms with Crippen molar-refractivity contribution in [2.24, 2.45) is 11.8 Å². The standard InChI is InChI=1S/C15H27N3O/c1-4-18-11-14(10-17-18)15-13(6-5-7-19-15)9-16-8-12(2)3/h10-13,15-16H,4-9H2,1-3H3. The van der Waals surface area contributed by atoms with Crippen molar-refractivity contribution in [3.05, 3.63) is 18.0 Å². The lowest BCUT2D eigenvalue weighted by atomic mass is 9.90. The van der Waals surface area contributed by atoms with E-state index in [-0.39, 0.29) is 6.10 Å². The zero-order valence-corrected chi connectivity index (χ0v) is 12.4. The van der Waals surface area contributed by atoms with E-state index in [0.29, 0.717) is 11.8 Å². The maximum Gasteiger partial charge on any atom is 0.0895 e. The number of hydrogen-bond acceptors (Lipinski definition) is 3. The van der Waals surface area contributed by atoms with Gasteiger partial charge >= 0.3 is 0 Å². The first kappa shape index (κ1) is 14.5. The Morgan fingerprint density at radius 1 is 1.53 bits per heavy atom. The molecule has 1 saturated heterocycles. The van der Waals surface area contributed by atoms with Crippen LogP contribution in [0.25, 0.3) is 0 Å². The Labute approximate surface area is 116 Å². The monoisotopic (exact) mass is 265 g/mol. The van der Waals surface area contributed by atoms with E-state index in [1.165, 1.54) is 18.4 Å². The molecule has 108 valence electrons. The summed E-state index contributed by atoms with van der Waals surface area (Å²) in [5, 5.41) is 7.94. The van der Waals surface area contributed by atoms with Crippen LogP contribution in [0, 0.1) is 11.8 Å².